The molecule has 5 heteroatoms. The molecule has 3 rings (SSSR count). The lowest BCUT2D eigenvalue weighted by Gasteiger charge is -2.27. The molecule has 0 spiro atoms. The Morgan fingerprint density at radius 3 is 2.26 bits per heavy atom. The van der Waals surface area contributed by atoms with Crippen molar-refractivity contribution in [2.75, 3.05) is 35.8 Å². The summed E-state index contributed by atoms with van der Waals surface area (Å²) in [5.41, 5.74) is 4.53. The smallest absolute Gasteiger partial charge is 0.326 e. The highest BCUT2D eigenvalue weighted by Gasteiger charge is 2.39. The molecule has 1 aliphatic rings. The van der Waals surface area contributed by atoms with E-state index in [-0.39, 0.29) is 0 Å². The third kappa shape index (κ3) is 4.07. The molecule has 0 amide bonds. The molecule has 0 unspecified atom stereocenters. The molecule has 4 nitrogen and oxygen atoms in total. The highest BCUT2D eigenvalue weighted by atomic mass is 31.2. The van der Waals surface area contributed by atoms with Gasteiger partial charge in [-0.25, -0.2) is 0 Å². The molecular formula is C22H31N2O2P. The topological polar surface area (TPSA) is 32.8 Å². The lowest BCUT2D eigenvalue weighted by molar-refractivity contribution is 0.365. The minimum Gasteiger partial charge on any atom is -0.372 e. The van der Waals surface area contributed by atoms with Crippen molar-refractivity contribution in [3.63, 3.8) is 0 Å². The lowest BCUT2D eigenvalue weighted by Crippen LogP contribution is -2.25. The summed E-state index contributed by atoms with van der Waals surface area (Å²) in [5.74, 6) is 0. The molecule has 1 aliphatic heterocycles. The summed E-state index contributed by atoms with van der Waals surface area (Å²) in [6.45, 7) is 11.8. The number of nitrogens with zero attached hydrogens (tertiary/aromatic N) is 2. The SMILES string of the molecule is CCCN(CCC)c1ccc(N2CCO[P@@]2(=O)c2ccc(C)c(C)c2)cc1. The van der Waals surface area contributed by atoms with Crippen molar-refractivity contribution in [2.24, 2.45) is 0 Å². The molecule has 0 saturated carbocycles. The average molecular weight is 386 g/mol. The van der Waals surface area contributed by atoms with Crippen molar-refractivity contribution in [2.45, 2.75) is 40.5 Å². The minimum atomic E-state index is -3.05. The first-order valence-corrected chi connectivity index (χ1v) is 11.5. The van der Waals surface area contributed by atoms with Gasteiger partial charge in [0.1, 0.15) is 0 Å². The zero-order valence-electron chi connectivity index (χ0n) is 16.9. The van der Waals surface area contributed by atoms with E-state index in [4.69, 9.17) is 4.52 Å². The Hall–Kier alpha value is -1.77. The van der Waals surface area contributed by atoms with E-state index < -0.39 is 7.52 Å². The number of rotatable bonds is 7. The van der Waals surface area contributed by atoms with Gasteiger partial charge in [-0.2, -0.15) is 0 Å². The maximum absolute atomic E-state index is 13.7. The van der Waals surface area contributed by atoms with Crippen LogP contribution in [0.3, 0.4) is 0 Å². The molecule has 0 radical (unpaired) electrons. The number of anilines is 2. The zero-order valence-corrected chi connectivity index (χ0v) is 17.8. The summed E-state index contributed by atoms with van der Waals surface area (Å²) in [6, 6.07) is 14.4. The van der Waals surface area contributed by atoms with Crippen LogP contribution in [0.4, 0.5) is 11.4 Å². The van der Waals surface area contributed by atoms with E-state index in [1.54, 1.807) is 0 Å². The van der Waals surface area contributed by atoms with E-state index in [2.05, 4.69) is 56.9 Å². The second kappa shape index (κ2) is 8.50. The van der Waals surface area contributed by atoms with E-state index in [1.165, 1.54) is 11.3 Å². The van der Waals surface area contributed by atoms with Gasteiger partial charge in [-0.1, -0.05) is 19.9 Å². The van der Waals surface area contributed by atoms with Gasteiger partial charge in [-0.15, -0.1) is 0 Å². The quantitative estimate of drug-likeness (QED) is 0.606. The highest BCUT2D eigenvalue weighted by molar-refractivity contribution is 7.68. The Morgan fingerprint density at radius 2 is 1.67 bits per heavy atom. The van der Waals surface area contributed by atoms with Gasteiger partial charge in [0.25, 0.3) is 0 Å². The number of hydrogen-bond donors (Lipinski definition) is 0. The molecule has 0 aliphatic carbocycles. The molecule has 1 heterocycles. The van der Waals surface area contributed by atoms with Gasteiger partial charge < -0.3 is 9.42 Å². The Balaban J connectivity index is 1.88. The summed E-state index contributed by atoms with van der Waals surface area (Å²) in [5, 5.41) is 0.783. The normalized spacial score (nSPS) is 19.5. The van der Waals surface area contributed by atoms with Crippen LogP contribution in [0.25, 0.3) is 0 Å². The fourth-order valence-corrected chi connectivity index (χ4v) is 5.89. The molecule has 2 aromatic rings. The van der Waals surface area contributed by atoms with Gasteiger partial charge in [0, 0.05) is 24.5 Å². The van der Waals surface area contributed by atoms with Crippen LogP contribution in [-0.2, 0) is 9.09 Å². The lowest BCUT2D eigenvalue weighted by atomic mass is 10.1. The van der Waals surface area contributed by atoms with E-state index in [0.717, 1.165) is 42.5 Å². The molecule has 1 fully saturated rings. The first-order chi connectivity index (χ1) is 13.0. The predicted octanol–water partition coefficient (Wildman–Crippen LogP) is 5.29. The van der Waals surface area contributed by atoms with Crippen molar-refractivity contribution in [1.29, 1.82) is 0 Å². The number of benzene rings is 2. The Morgan fingerprint density at radius 1 is 1.00 bits per heavy atom. The first-order valence-electron chi connectivity index (χ1n) is 9.95. The van der Waals surface area contributed by atoms with E-state index in [1.807, 2.05) is 22.9 Å². The minimum absolute atomic E-state index is 0.490. The monoisotopic (exact) mass is 386 g/mol. The molecule has 0 N–H and O–H groups in total. The van der Waals surface area contributed by atoms with Gasteiger partial charge in [-0.3, -0.25) is 9.24 Å². The first kappa shape index (κ1) is 20.0. The predicted molar refractivity (Wildman–Crippen MR) is 116 cm³/mol. The van der Waals surface area contributed by atoms with Crippen molar-refractivity contribution in [3.05, 3.63) is 53.6 Å². The Kier molecular flexibility index (Phi) is 6.29. The average Bonchev–Trinajstić information content (AvgIpc) is 3.07. The van der Waals surface area contributed by atoms with Crippen LogP contribution in [0.1, 0.15) is 37.8 Å². The molecule has 0 aromatic heterocycles. The fraction of sp³-hybridized carbons (Fsp3) is 0.455. The van der Waals surface area contributed by atoms with Crippen LogP contribution in [0.5, 0.6) is 0 Å². The maximum atomic E-state index is 13.7. The van der Waals surface area contributed by atoms with E-state index in [0.29, 0.717) is 13.2 Å². The van der Waals surface area contributed by atoms with Gasteiger partial charge in [-0.05, 0) is 74.2 Å². The molecule has 27 heavy (non-hydrogen) atoms. The van der Waals surface area contributed by atoms with Crippen molar-refractivity contribution < 1.29 is 9.09 Å². The molecule has 2 aromatic carbocycles. The van der Waals surface area contributed by atoms with Crippen molar-refractivity contribution in [1.82, 2.24) is 0 Å². The van der Waals surface area contributed by atoms with Crippen LogP contribution >= 0.6 is 7.52 Å². The second-order valence-electron chi connectivity index (χ2n) is 7.25. The Labute approximate surface area is 163 Å². The van der Waals surface area contributed by atoms with Crippen molar-refractivity contribution >= 4 is 24.2 Å². The molecule has 146 valence electrons. The van der Waals surface area contributed by atoms with E-state index in [9.17, 15) is 4.57 Å². The van der Waals surface area contributed by atoms with Crippen LogP contribution in [0.2, 0.25) is 0 Å². The summed E-state index contributed by atoms with van der Waals surface area (Å²) < 4.78 is 21.5. The van der Waals surface area contributed by atoms with Gasteiger partial charge in [0.05, 0.1) is 18.5 Å². The maximum Gasteiger partial charge on any atom is 0.326 e. The van der Waals surface area contributed by atoms with Crippen LogP contribution in [-0.4, -0.2) is 26.2 Å². The van der Waals surface area contributed by atoms with Gasteiger partial charge >= 0.3 is 7.52 Å². The summed E-state index contributed by atoms with van der Waals surface area (Å²) in [6.07, 6.45) is 2.26. The zero-order chi connectivity index (χ0) is 19.4. The third-order valence-electron chi connectivity index (χ3n) is 5.20. The van der Waals surface area contributed by atoms with E-state index >= 15 is 0 Å². The summed E-state index contributed by atoms with van der Waals surface area (Å²) >= 11 is 0. The molecule has 1 atom stereocenters. The van der Waals surface area contributed by atoms with Gasteiger partial charge in [0.2, 0.25) is 0 Å². The third-order valence-corrected chi connectivity index (χ3v) is 7.73. The summed E-state index contributed by atoms with van der Waals surface area (Å²) in [7, 11) is -3.05. The number of aryl methyl sites for hydroxylation is 2. The number of hydrogen-bond acceptors (Lipinski definition) is 3. The van der Waals surface area contributed by atoms with Crippen molar-refractivity contribution in [3.8, 4) is 0 Å². The molecule has 0 bridgehead atoms. The molecular weight excluding hydrogens is 355 g/mol. The summed E-state index contributed by atoms with van der Waals surface area (Å²) in [4.78, 5) is 2.41. The van der Waals surface area contributed by atoms with Crippen LogP contribution < -0.4 is 14.9 Å². The highest BCUT2D eigenvalue weighted by Crippen LogP contribution is 2.55. The Bertz CT molecular complexity index is 814. The van der Waals surface area contributed by atoms with Gasteiger partial charge in [0.15, 0.2) is 0 Å². The largest absolute Gasteiger partial charge is 0.372 e. The second-order valence-corrected chi connectivity index (χ2v) is 9.55. The standard InChI is InChI=1S/C22H31N2O2P/c1-5-13-23(14-6-2)20-8-10-21(11-9-20)24-15-16-26-27(24,25)22-12-7-18(3)19(4)17-22/h7-12,17H,5-6,13-16H2,1-4H3/t27-/m0/s1. The van der Waals surface area contributed by atoms with Crippen LogP contribution in [0, 0.1) is 13.8 Å². The molecule has 1 saturated heterocycles. The van der Waals surface area contributed by atoms with Crippen LogP contribution in [0.15, 0.2) is 42.5 Å². The fourth-order valence-electron chi connectivity index (χ4n) is 3.59.